The second kappa shape index (κ2) is 10.6. The van der Waals surface area contributed by atoms with Crippen molar-refractivity contribution in [1.29, 1.82) is 0 Å². The first-order valence-corrected chi connectivity index (χ1v) is 10.0. The molecule has 2 atom stereocenters. The second-order valence-corrected chi connectivity index (χ2v) is 7.41. The number of aliphatic hydroxyl groups is 1. The minimum Gasteiger partial charge on any atom is -0.390 e. The van der Waals surface area contributed by atoms with Crippen molar-refractivity contribution >= 4 is 17.3 Å². The van der Waals surface area contributed by atoms with E-state index < -0.39 is 6.10 Å². The molecule has 1 N–H and O–H groups in total. The largest absolute Gasteiger partial charge is 0.390 e. The van der Waals surface area contributed by atoms with Crippen LogP contribution in [0.3, 0.4) is 0 Å². The van der Waals surface area contributed by atoms with Crippen molar-refractivity contribution in [3.05, 3.63) is 70.7 Å². The summed E-state index contributed by atoms with van der Waals surface area (Å²) >= 11 is 6.13. The van der Waals surface area contributed by atoms with Gasteiger partial charge in [0.1, 0.15) is 6.10 Å². The first kappa shape index (κ1) is 20.8. The molecule has 0 radical (unpaired) electrons. The van der Waals surface area contributed by atoms with E-state index in [9.17, 15) is 5.11 Å². The molecule has 0 saturated heterocycles. The lowest BCUT2D eigenvalue weighted by Crippen LogP contribution is -2.39. The van der Waals surface area contributed by atoms with E-state index in [0.717, 1.165) is 23.3 Å². The fourth-order valence-corrected chi connectivity index (χ4v) is 3.53. The maximum absolute atomic E-state index is 10.3. The third-order valence-electron chi connectivity index (χ3n) is 4.58. The molecule has 0 bridgehead atoms. The van der Waals surface area contributed by atoms with Crippen LogP contribution in [0.2, 0.25) is 5.02 Å². The van der Waals surface area contributed by atoms with Gasteiger partial charge in [-0.2, -0.15) is 0 Å². The van der Waals surface area contributed by atoms with E-state index in [1.165, 1.54) is 0 Å². The van der Waals surface area contributed by atoms with Crippen molar-refractivity contribution in [2.24, 2.45) is 5.16 Å². The average Bonchev–Trinajstić information content (AvgIpc) is 3.15. The Labute approximate surface area is 171 Å². The van der Waals surface area contributed by atoms with Gasteiger partial charge >= 0.3 is 0 Å². The number of halogens is 1. The van der Waals surface area contributed by atoms with Crippen LogP contribution < -0.4 is 0 Å². The molecule has 0 saturated carbocycles. The molecule has 1 aliphatic heterocycles. The van der Waals surface area contributed by atoms with E-state index in [4.69, 9.17) is 21.2 Å². The summed E-state index contributed by atoms with van der Waals surface area (Å²) < 4.78 is 5.36. The van der Waals surface area contributed by atoms with Crippen molar-refractivity contribution in [3.63, 3.8) is 0 Å². The van der Waals surface area contributed by atoms with Crippen molar-refractivity contribution in [1.82, 2.24) is 4.90 Å². The molecule has 0 aromatic heterocycles. The van der Waals surface area contributed by atoms with E-state index >= 15 is 0 Å². The van der Waals surface area contributed by atoms with Crippen LogP contribution in [0.4, 0.5) is 0 Å². The standard InChI is InChI=1S/C22H27ClN2O3/c1-2-27-16-20(26)14-25(13-17-7-6-10-19(23)11-17)15-21-12-22(24-28-21)18-8-4-3-5-9-18/h3-11,20-21,26H,2,12-16H2,1H3/t20-,21+/m1/s1. The third kappa shape index (κ3) is 6.31. The molecule has 6 heteroatoms. The summed E-state index contributed by atoms with van der Waals surface area (Å²) in [4.78, 5) is 7.85. The first-order valence-electron chi connectivity index (χ1n) is 9.64. The van der Waals surface area contributed by atoms with E-state index in [1.807, 2.05) is 61.5 Å². The van der Waals surface area contributed by atoms with Gasteiger partial charge in [-0.25, -0.2) is 0 Å². The molecule has 28 heavy (non-hydrogen) atoms. The fourth-order valence-electron chi connectivity index (χ4n) is 3.32. The zero-order valence-electron chi connectivity index (χ0n) is 16.1. The van der Waals surface area contributed by atoms with Crippen molar-refractivity contribution < 1.29 is 14.7 Å². The van der Waals surface area contributed by atoms with Gasteiger partial charge in [0, 0.05) is 37.7 Å². The maximum Gasteiger partial charge on any atom is 0.145 e. The summed E-state index contributed by atoms with van der Waals surface area (Å²) in [6.45, 7) is 4.66. The minimum atomic E-state index is -0.560. The van der Waals surface area contributed by atoms with Crippen LogP contribution in [-0.4, -0.2) is 54.2 Å². The lowest BCUT2D eigenvalue weighted by Gasteiger charge is -2.27. The summed E-state index contributed by atoms with van der Waals surface area (Å²) in [5.74, 6) is 0. The Morgan fingerprint density at radius 2 is 2.07 bits per heavy atom. The van der Waals surface area contributed by atoms with Gasteiger partial charge < -0.3 is 14.7 Å². The number of aliphatic hydroxyl groups excluding tert-OH is 1. The van der Waals surface area contributed by atoms with Gasteiger partial charge in [0.15, 0.2) is 0 Å². The van der Waals surface area contributed by atoms with Crippen LogP contribution in [-0.2, 0) is 16.1 Å². The predicted octanol–water partition coefficient (Wildman–Crippen LogP) is 3.73. The summed E-state index contributed by atoms with van der Waals surface area (Å²) in [6.07, 6.45) is 0.140. The highest BCUT2D eigenvalue weighted by atomic mass is 35.5. The monoisotopic (exact) mass is 402 g/mol. The summed E-state index contributed by atoms with van der Waals surface area (Å²) in [5.41, 5.74) is 3.14. The van der Waals surface area contributed by atoms with Crippen LogP contribution >= 0.6 is 11.6 Å². The molecule has 3 rings (SSSR count). The lowest BCUT2D eigenvalue weighted by atomic mass is 10.0. The SMILES string of the molecule is CCOC[C@H](O)CN(Cc1cccc(Cl)c1)C[C@@H]1CC(c2ccccc2)=NO1. The molecule has 1 aliphatic rings. The fraction of sp³-hybridized carbons (Fsp3) is 0.409. The van der Waals surface area contributed by atoms with E-state index in [2.05, 4.69) is 10.1 Å². The molecule has 0 fully saturated rings. The molecule has 150 valence electrons. The van der Waals surface area contributed by atoms with E-state index in [1.54, 1.807) is 0 Å². The molecule has 1 heterocycles. The predicted molar refractivity (Wildman–Crippen MR) is 112 cm³/mol. The number of ether oxygens (including phenoxy) is 1. The van der Waals surface area contributed by atoms with Crippen molar-refractivity contribution in [3.8, 4) is 0 Å². The molecule has 0 aliphatic carbocycles. The number of rotatable bonds is 10. The van der Waals surface area contributed by atoms with Crippen LogP contribution in [0.1, 0.15) is 24.5 Å². The number of oxime groups is 1. The quantitative estimate of drug-likeness (QED) is 0.657. The van der Waals surface area contributed by atoms with Gasteiger partial charge in [0.05, 0.1) is 18.4 Å². The third-order valence-corrected chi connectivity index (χ3v) is 4.82. The highest BCUT2D eigenvalue weighted by Gasteiger charge is 2.25. The number of hydrogen-bond donors (Lipinski definition) is 1. The molecule has 0 amide bonds. The zero-order valence-corrected chi connectivity index (χ0v) is 16.9. The molecular weight excluding hydrogens is 376 g/mol. The Morgan fingerprint density at radius 1 is 1.25 bits per heavy atom. The van der Waals surface area contributed by atoms with Crippen LogP contribution in [0.25, 0.3) is 0 Å². The smallest absolute Gasteiger partial charge is 0.145 e. The Balaban J connectivity index is 1.62. The second-order valence-electron chi connectivity index (χ2n) is 6.97. The highest BCUT2D eigenvalue weighted by molar-refractivity contribution is 6.30. The summed E-state index contributed by atoms with van der Waals surface area (Å²) in [6, 6.07) is 17.9. The van der Waals surface area contributed by atoms with Gasteiger partial charge in [-0.15, -0.1) is 0 Å². The van der Waals surface area contributed by atoms with Crippen molar-refractivity contribution in [2.45, 2.75) is 32.1 Å². The Kier molecular flexibility index (Phi) is 7.86. The van der Waals surface area contributed by atoms with Gasteiger partial charge in [-0.05, 0) is 30.2 Å². The molecule has 2 aromatic carbocycles. The molecule has 2 aromatic rings. The molecule has 0 spiro atoms. The minimum absolute atomic E-state index is 0.0475. The molecule has 5 nitrogen and oxygen atoms in total. The average molecular weight is 403 g/mol. The lowest BCUT2D eigenvalue weighted by molar-refractivity contribution is 0.000496. The van der Waals surface area contributed by atoms with Gasteiger partial charge in [-0.1, -0.05) is 59.2 Å². The van der Waals surface area contributed by atoms with Gasteiger partial charge in [0.2, 0.25) is 0 Å². The zero-order chi connectivity index (χ0) is 19.8. The van der Waals surface area contributed by atoms with Crippen LogP contribution in [0.15, 0.2) is 59.8 Å². The topological polar surface area (TPSA) is 54.3 Å². The van der Waals surface area contributed by atoms with E-state index in [-0.39, 0.29) is 6.10 Å². The number of benzene rings is 2. The summed E-state index contributed by atoms with van der Waals surface area (Å²) in [7, 11) is 0. The maximum atomic E-state index is 10.3. The normalized spacial score (nSPS) is 17.4. The van der Waals surface area contributed by atoms with Crippen LogP contribution in [0, 0.1) is 0 Å². The highest BCUT2D eigenvalue weighted by Crippen LogP contribution is 2.19. The summed E-state index contributed by atoms with van der Waals surface area (Å²) in [5, 5.41) is 15.3. The Morgan fingerprint density at radius 3 is 2.82 bits per heavy atom. The Hall–Kier alpha value is -1.92. The first-order chi connectivity index (χ1) is 13.6. The van der Waals surface area contributed by atoms with E-state index in [0.29, 0.717) is 37.9 Å². The Bertz CT molecular complexity index is 769. The molecule has 0 unspecified atom stereocenters. The van der Waals surface area contributed by atoms with Gasteiger partial charge in [-0.3, -0.25) is 4.90 Å². The number of nitrogens with zero attached hydrogens (tertiary/aromatic N) is 2. The van der Waals surface area contributed by atoms with Crippen molar-refractivity contribution in [2.75, 3.05) is 26.3 Å². The number of hydrogen-bond acceptors (Lipinski definition) is 5. The molecular formula is C22H27ClN2O3. The van der Waals surface area contributed by atoms with Gasteiger partial charge in [0.25, 0.3) is 0 Å². The van der Waals surface area contributed by atoms with Crippen LogP contribution in [0.5, 0.6) is 0 Å².